The molecular weight excluding hydrogens is 312 g/mol. The zero-order chi connectivity index (χ0) is 17.6. The second kappa shape index (κ2) is 7.79. The number of nitrogens with zero attached hydrogens (tertiary/aromatic N) is 1. The van der Waals surface area contributed by atoms with E-state index in [1.165, 1.54) is 0 Å². The third-order valence-corrected chi connectivity index (χ3v) is 4.62. The summed E-state index contributed by atoms with van der Waals surface area (Å²) in [5.41, 5.74) is 8.59. The Morgan fingerprint density at radius 3 is 2.32 bits per heavy atom. The Morgan fingerprint density at radius 2 is 1.64 bits per heavy atom. The van der Waals surface area contributed by atoms with E-state index in [1.807, 2.05) is 36.4 Å². The Bertz CT molecular complexity index is 775. The molecule has 0 aliphatic carbocycles. The third kappa shape index (κ3) is 4.35. The number of hydrogen-bond donors (Lipinski definition) is 1. The predicted octanol–water partition coefficient (Wildman–Crippen LogP) is 3.09. The average Bonchev–Trinajstić information content (AvgIpc) is 2.67. The number of piperidine rings is 1. The number of carbonyl (C=O) groups is 2. The molecular formula is C21H22N2O2. The molecule has 2 aromatic carbocycles. The maximum Gasteiger partial charge on any atom is 0.246 e. The van der Waals surface area contributed by atoms with Crippen LogP contribution >= 0.6 is 0 Å². The first-order chi connectivity index (χ1) is 12.1. The van der Waals surface area contributed by atoms with Gasteiger partial charge < -0.3 is 10.6 Å². The van der Waals surface area contributed by atoms with Crippen LogP contribution in [0.5, 0.6) is 0 Å². The zero-order valence-electron chi connectivity index (χ0n) is 14.1. The first kappa shape index (κ1) is 17.0. The first-order valence-corrected chi connectivity index (χ1v) is 8.55. The van der Waals surface area contributed by atoms with Crippen molar-refractivity contribution in [1.29, 1.82) is 0 Å². The Balaban J connectivity index is 1.64. The smallest absolute Gasteiger partial charge is 0.246 e. The van der Waals surface area contributed by atoms with Gasteiger partial charge >= 0.3 is 0 Å². The highest BCUT2D eigenvalue weighted by atomic mass is 16.2. The summed E-state index contributed by atoms with van der Waals surface area (Å²) in [6, 6.07) is 18.2. The van der Waals surface area contributed by atoms with Gasteiger partial charge in [-0.05, 0) is 41.7 Å². The van der Waals surface area contributed by atoms with Crippen molar-refractivity contribution in [1.82, 2.24) is 4.90 Å². The van der Waals surface area contributed by atoms with Crippen LogP contribution in [-0.2, 0) is 9.59 Å². The quantitative estimate of drug-likeness (QED) is 0.873. The predicted molar refractivity (Wildman–Crippen MR) is 99.4 cm³/mol. The van der Waals surface area contributed by atoms with Crippen molar-refractivity contribution in [3.63, 3.8) is 0 Å². The summed E-state index contributed by atoms with van der Waals surface area (Å²) in [6.07, 6.45) is 4.75. The Kier molecular flexibility index (Phi) is 5.29. The van der Waals surface area contributed by atoms with Gasteiger partial charge in [-0.1, -0.05) is 48.5 Å². The van der Waals surface area contributed by atoms with E-state index in [-0.39, 0.29) is 17.7 Å². The molecule has 0 spiro atoms. The molecule has 0 aromatic heterocycles. The number of nitrogens with two attached hydrogens (primary N) is 1. The second-order valence-corrected chi connectivity index (χ2v) is 6.33. The Morgan fingerprint density at radius 1 is 0.960 bits per heavy atom. The molecule has 1 heterocycles. The van der Waals surface area contributed by atoms with Crippen molar-refractivity contribution < 1.29 is 9.59 Å². The van der Waals surface area contributed by atoms with Crippen molar-refractivity contribution in [3.05, 3.63) is 66.2 Å². The lowest BCUT2D eigenvalue weighted by Gasteiger charge is -2.29. The van der Waals surface area contributed by atoms with Crippen LogP contribution in [-0.4, -0.2) is 29.8 Å². The monoisotopic (exact) mass is 334 g/mol. The van der Waals surface area contributed by atoms with E-state index >= 15 is 0 Å². The lowest BCUT2D eigenvalue weighted by atomic mass is 9.96. The average molecular weight is 334 g/mol. The third-order valence-electron chi connectivity index (χ3n) is 4.62. The van der Waals surface area contributed by atoms with Gasteiger partial charge in [0.15, 0.2) is 0 Å². The number of hydrogen-bond acceptors (Lipinski definition) is 2. The molecule has 25 heavy (non-hydrogen) atoms. The summed E-state index contributed by atoms with van der Waals surface area (Å²) in [7, 11) is 0. The molecule has 2 amide bonds. The minimum Gasteiger partial charge on any atom is -0.369 e. The van der Waals surface area contributed by atoms with Gasteiger partial charge in [-0.25, -0.2) is 0 Å². The zero-order valence-corrected chi connectivity index (χ0v) is 14.1. The molecule has 0 atom stereocenters. The Labute approximate surface area is 148 Å². The summed E-state index contributed by atoms with van der Waals surface area (Å²) in [5, 5.41) is 0. The number of carbonyl (C=O) groups excluding carboxylic acids is 2. The molecule has 1 fully saturated rings. The van der Waals surface area contributed by atoms with Crippen molar-refractivity contribution >= 4 is 17.9 Å². The van der Waals surface area contributed by atoms with Gasteiger partial charge in [-0.2, -0.15) is 0 Å². The summed E-state index contributed by atoms with van der Waals surface area (Å²) in [5.74, 6) is -0.385. The largest absolute Gasteiger partial charge is 0.369 e. The van der Waals surface area contributed by atoms with E-state index in [0.29, 0.717) is 25.9 Å². The summed E-state index contributed by atoms with van der Waals surface area (Å²) < 4.78 is 0. The molecule has 1 aliphatic heterocycles. The normalized spacial score (nSPS) is 15.4. The summed E-state index contributed by atoms with van der Waals surface area (Å²) >= 11 is 0. The van der Waals surface area contributed by atoms with Crippen molar-refractivity contribution in [2.24, 2.45) is 11.7 Å². The van der Waals surface area contributed by atoms with Crippen LogP contribution in [0.2, 0.25) is 0 Å². The van der Waals surface area contributed by atoms with E-state index in [2.05, 4.69) is 24.3 Å². The lowest BCUT2D eigenvalue weighted by molar-refractivity contribution is -0.130. The van der Waals surface area contributed by atoms with Crippen molar-refractivity contribution in [2.45, 2.75) is 12.8 Å². The molecule has 1 aliphatic rings. The number of amides is 2. The molecule has 0 saturated carbocycles. The highest BCUT2D eigenvalue weighted by Gasteiger charge is 2.24. The van der Waals surface area contributed by atoms with Crippen LogP contribution in [0.4, 0.5) is 0 Å². The molecule has 1 saturated heterocycles. The van der Waals surface area contributed by atoms with Crippen LogP contribution < -0.4 is 5.73 Å². The minimum atomic E-state index is -0.264. The van der Waals surface area contributed by atoms with Crippen LogP contribution in [0.3, 0.4) is 0 Å². The van der Waals surface area contributed by atoms with Gasteiger partial charge in [0, 0.05) is 25.1 Å². The molecule has 0 unspecified atom stereocenters. The van der Waals surface area contributed by atoms with Gasteiger partial charge in [0.2, 0.25) is 11.8 Å². The van der Waals surface area contributed by atoms with Gasteiger partial charge in [0.25, 0.3) is 0 Å². The molecule has 3 rings (SSSR count). The molecule has 2 N–H and O–H groups in total. The van der Waals surface area contributed by atoms with Crippen LogP contribution in [0, 0.1) is 5.92 Å². The summed E-state index contributed by atoms with van der Waals surface area (Å²) in [4.78, 5) is 25.3. The molecule has 4 heteroatoms. The van der Waals surface area contributed by atoms with E-state index in [9.17, 15) is 9.59 Å². The maximum atomic E-state index is 12.3. The van der Waals surface area contributed by atoms with Crippen molar-refractivity contribution in [2.75, 3.05) is 13.1 Å². The van der Waals surface area contributed by atoms with Crippen molar-refractivity contribution in [3.8, 4) is 11.1 Å². The first-order valence-electron chi connectivity index (χ1n) is 8.55. The second-order valence-electron chi connectivity index (χ2n) is 6.33. The van der Waals surface area contributed by atoms with Gasteiger partial charge in [-0.15, -0.1) is 0 Å². The fourth-order valence-electron chi connectivity index (χ4n) is 3.11. The molecule has 0 radical (unpaired) electrons. The van der Waals surface area contributed by atoms with E-state index in [0.717, 1.165) is 16.7 Å². The SMILES string of the molecule is NC(=O)C1CCN(C(=O)/C=C\c2cccc(-c3ccccc3)c2)CC1. The van der Waals surface area contributed by atoms with E-state index in [4.69, 9.17) is 5.73 Å². The van der Waals surface area contributed by atoms with Gasteiger partial charge in [0.1, 0.15) is 0 Å². The number of primary amides is 1. The van der Waals surface area contributed by atoms with Crippen LogP contribution in [0.1, 0.15) is 18.4 Å². The lowest BCUT2D eigenvalue weighted by Crippen LogP contribution is -2.41. The van der Waals surface area contributed by atoms with E-state index in [1.54, 1.807) is 11.0 Å². The molecule has 128 valence electrons. The highest BCUT2D eigenvalue weighted by molar-refractivity contribution is 5.92. The van der Waals surface area contributed by atoms with Gasteiger partial charge in [-0.3, -0.25) is 9.59 Å². The highest BCUT2D eigenvalue weighted by Crippen LogP contribution is 2.21. The number of rotatable bonds is 4. The fraction of sp³-hybridized carbons (Fsp3) is 0.238. The summed E-state index contributed by atoms with van der Waals surface area (Å²) in [6.45, 7) is 1.17. The fourth-order valence-corrected chi connectivity index (χ4v) is 3.11. The maximum absolute atomic E-state index is 12.3. The molecule has 4 nitrogen and oxygen atoms in total. The number of likely N-dealkylation sites (tertiary alicyclic amines) is 1. The van der Waals surface area contributed by atoms with E-state index < -0.39 is 0 Å². The molecule has 0 bridgehead atoms. The Hall–Kier alpha value is -2.88. The van der Waals surface area contributed by atoms with Gasteiger partial charge in [0.05, 0.1) is 0 Å². The molecule has 2 aromatic rings. The minimum absolute atomic E-state index is 0.0203. The van der Waals surface area contributed by atoms with Crippen LogP contribution in [0.15, 0.2) is 60.7 Å². The van der Waals surface area contributed by atoms with Crippen LogP contribution in [0.25, 0.3) is 17.2 Å². The number of benzene rings is 2. The standard InChI is InChI=1S/C21H22N2O2/c22-21(25)18-11-13-23(14-12-18)20(24)10-9-16-5-4-8-19(15-16)17-6-2-1-3-7-17/h1-10,15,18H,11-14H2,(H2,22,25)/b10-9-. The topological polar surface area (TPSA) is 63.4 Å².